The van der Waals surface area contributed by atoms with E-state index in [1.807, 2.05) is 59.0 Å². The van der Waals surface area contributed by atoms with Crippen molar-refractivity contribution in [2.75, 3.05) is 0 Å². The van der Waals surface area contributed by atoms with Crippen LogP contribution >= 0.6 is 11.6 Å². The van der Waals surface area contributed by atoms with Gasteiger partial charge in [-0.1, -0.05) is 72.8 Å². The van der Waals surface area contributed by atoms with Crippen molar-refractivity contribution in [1.82, 2.24) is 14.7 Å². The molecule has 1 aliphatic carbocycles. The minimum atomic E-state index is -0.492. The minimum absolute atomic E-state index is 0.351. The average molecular weight is 483 g/mol. The molecule has 1 fully saturated rings. The Labute approximate surface area is 208 Å². The van der Waals surface area contributed by atoms with Crippen LogP contribution in [0.1, 0.15) is 37.3 Å². The SMILES string of the molecule is C=C(C)OC(=O)NC1(c2ccc(-c3nc4c(C#N)cc(Cl)cn4c3-c3ccccc3)cc2)CCC1. The summed E-state index contributed by atoms with van der Waals surface area (Å²) in [6, 6.07) is 21.8. The molecule has 0 aliphatic heterocycles. The Hall–Kier alpha value is -4.08. The predicted molar refractivity (Wildman–Crippen MR) is 136 cm³/mol. The first kappa shape index (κ1) is 22.7. The van der Waals surface area contributed by atoms with Crippen molar-refractivity contribution in [3.63, 3.8) is 0 Å². The second kappa shape index (κ2) is 8.94. The number of ether oxygens (including phenoxy) is 1. The van der Waals surface area contributed by atoms with E-state index >= 15 is 0 Å². The molecule has 0 atom stereocenters. The van der Waals surface area contributed by atoms with Gasteiger partial charge in [-0.3, -0.25) is 4.40 Å². The molecule has 174 valence electrons. The Bertz CT molecular complexity index is 1480. The third-order valence-electron chi connectivity index (χ3n) is 6.38. The Morgan fingerprint density at radius 3 is 2.49 bits per heavy atom. The first-order valence-electron chi connectivity index (χ1n) is 11.3. The van der Waals surface area contributed by atoms with Crippen LogP contribution in [0, 0.1) is 11.3 Å². The van der Waals surface area contributed by atoms with Crippen molar-refractivity contribution in [1.29, 1.82) is 5.26 Å². The number of nitriles is 1. The standard InChI is InChI=1S/C28H23ClN4O2/c1-18(2)35-27(34)32-28(13-6-14-28)22-11-9-19(10-12-22)24-25(20-7-4-3-5-8-20)33-17-23(29)15-21(16-30)26(33)31-24/h3-5,7-12,15,17H,1,6,13-14H2,2H3,(H,32,34). The minimum Gasteiger partial charge on any atom is -0.416 e. The number of rotatable bonds is 5. The van der Waals surface area contributed by atoms with Crippen LogP contribution in [0.25, 0.3) is 28.2 Å². The third kappa shape index (κ3) is 4.16. The molecule has 5 rings (SSSR count). The van der Waals surface area contributed by atoms with Crippen LogP contribution in [0.5, 0.6) is 0 Å². The summed E-state index contributed by atoms with van der Waals surface area (Å²) in [5, 5.41) is 13.2. The number of fused-ring (bicyclic) bond motifs is 1. The highest BCUT2D eigenvalue weighted by Crippen LogP contribution is 2.42. The van der Waals surface area contributed by atoms with Crippen LogP contribution in [0.15, 0.2) is 79.2 Å². The lowest BCUT2D eigenvalue weighted by Crippen LogP contribution is -2.50. The van der Waals surface area contributed by atoms with Crippen molar-refractivity contribution in [3.05, 3.63) is 95.3 Å². The number of benzene rings is 2. The lowest BCUT2D eigenvalue weighted by Gasteiger charge is -2.42. The molecule has 2 aromatic heterocycles. The lowest BCUT2D eigenvalue weighted by molar-refractivity contribution is 0.132. The first-order chi connectivity index (χ1) is 16.9. The Kier molecular flexibility index (Phi) is 5.80. The fraction of sp³-hybridized carbons (Fsp3) is 0.179. The number of pyridine rings is 1. The van der Waals surface area contributed by atoms with Gasteiger partial charge in [0.2, 0.25) is 0 Å². The van der Waals surface area contributed by atoms with Gasteiger partial charge in [-0.05, 0) is 37.8 Å². The molecule has 0 bridgehead atoms. The van der Waals surface area contributed by atoms with Crippen LogP contribution < -0.4 is 5.32 Å². The Morgan fingerprint density at radius 1 is 1.17 bits per heavy atom. The molecule has 7 heteroatoms. The summed E-state index contributed by atoms with van der Waals surface area (Å²) >= 11 is 6.33. The summed E-state index contributed by atoms with van der Waals surface area (Å²) in [4.78, 5) is 17.1. The average Bonchev–Trinajstić information content (AvgIpc) is 3.20. The van der Waals surface area contributed by atoms with Crippen molar-refractivity contribution in [3.8, 4) is 28.6 Å². The molecule has 0 unspecified atom stereocenters. The van der Waals surface area contributed by atoms with E-state index in [0.717, 1.165) is 47.3 Å². The van der Waals surface area contributed by atoms with Gasteiger partial charge in [0.1, 0.15) is 6.07 Å². The van der Waals surface area contributed by atoms with Crippen LogP contribution in [0.4, 0.5) is 4.79 Å². The maximum absolute atomic E-state index is 12.3. The molecule has 35 heavy (non-hydrogen) atoms. The molecule has 1 saturated carbocycles. The van der Waals surface area contributed by atoms with Crippen LogP contribution in [0.2, 0.25) is 5.02 Å². The second-order valence-electron chi connectivity index (χ2n) is 8.78. The normalized spacial score (nSPS) is 14.1. The summed E-state index contributed by atoms with van der Waals surface area (Å²) in [6.07, 6.45) is 3.99. The highest BCUT2D eigenvalue weighted by Gasteiger charge is 2.40. The topological polar surface area (TPSA) is 79.4 Å². The van der Waals surface area contributed by atoms with Crippen molar-refractivity contribution >= 4 is 23.3 Å². The van der Waals surface area contributed by atoms with E-state index in [2.05, 4.69) is 18.0 Å². The molecule has 1 N–H and O–H groups in total. The molecular formula is C28H23ClN4O2. The highest BCUT2D eigenvalue weighted by atomic mass is 35.5. The fourth-order valence-corrected chi connectivity index (χ4v) is 4.82. The van der Waals surface area contributed by atoms with Gasteiger partial charge in [-0.2, -0.15) is 5.26 Å². The summed E-state index contributed by atoms with van der Waals surface area (Å²) < 4.78 is 7.01. The molecular weight excluding hydrogens is 460 g/mol. The molecule has 0 radical (unpaired) electrons. The van der Waals surface area contributed by atoms with E-state index < -0.39 is 11.6 Å². The summed E-state index contributed by atoms with van der Waals surface area (Å²) in [5.74, 6) is 0.351. The molecule has 1 amide bonds. The number of aromatic nitrogens is 2. The van der Waals surface area contributed by atoms with E-state index in [0.29, 0.717) is 22.0 Å². The zero-order chi connectivity index (χ0) is 24.6. The van der Waals surface area contributed by atoms with E-state index in [9.17, 15) is 10.1 Å². The highest BCUT2D eigenvalue weighted by molar-refractivity contribution is 6.30. The monoisotopic (exact) mass is 482 g/mol. The molecule has 2 aromatic carbocycles. The number of hydrogen-bond donors (Lipinski definition) is 1. The third-order valence-corrected chi connectivity index (χ3v) is 6.59. The van der Waals surface area contributed by atoms with Crippen molar-refractivity contribution in [2.45, 2.75) is 31.7 Å². The molecule has 2 heterocycles. The second-order valence-corrected chi connectivity index (χ2v) is 9.22. The van der Waals surface area contributed by atoms with Gasteiger partial charge in [0.05, 0.1) is 33.3 Å². The number of nitrogens with one attached hydrogen (secondary N) is 1. The number of amides is 1. The number of nitrogens with zero attached hydrogens (tertiary/aromatic N) is 3. The fourth-order valence-electron chi connectivity index (χ4n) is 4.61. The number of hydrogen-bond acceptors (Lipinski definition) is 4. The van der Waals surface area contributed by atoms with E-state index in [-0.39, 0.29) is 0 Å². The maximum Gasteiger partial charge on any atom is 0.412 e. The van der Waals surface area contributed by atoms with Gasteiger partial charge in [-0.25, -0.2) is 9.78 Å². The lowest BCUT2D eigenvalue weighted by atomic mass is 9.71. The molecule has 0 saturated heterocycles. The largest absolute Gasteiger partial charge is 0.416 e. The zero-order valence-corrected chi connectivity index (χ0v) is 20.0. The smallest absolute Gasteiger partial charge is 0.412 e. The van der Waals surface area contributed by atoms with E-state index in [1.54, 1.807) is 19.2 Å². The van der Waals surface area contributed by atoms with Crippen molar-refractivity contribution in [2.24, 2.45) is 0 Å². The predicted octanol–water partition coefficient (Wildman–Crippen LogP) is 6.83. The van der Waals surface area contributed by atoms with Crippen LogP contribution in [-0.2, 0) is 10.3 Å². The number of alkyl carbamates (subject to hydrolysis) is 1. The number of carbonyl (C=O) groups excluding carboxylic acids is 1. The Morgan fingerprint density at radius 2 is 1.89 bits per heavy atom. The summed E-state index contributed by atoms with van der Waals surface area (Å²) in [6.45, 7) is 5.28. The summed E-state index contributed by atoms with van der Waals surface area (Å²) in [5.41, 5.74) is 4.99. The van der Waals surface area contributed by atoms with Crippen LogP contribution in [-0.4, -0.2) is 15.5 Å². The number of imidazole rings is 1. The van der Waals surface area contributed by atoms with E-state index in [1.165, 1.54) is 0 Å². The van der Waals surface area contributed by atoms with Gasteiger partial charge in [0, 0.05) is 17.3 Å². The number of halogens is 1. The van der Waals surface area contributed by atoms with Gasteiger partial charge < -0.3 is 10.1 Å². The van der Waals surface area contributed by atoms with Gasteiger partial charge >= 0.3 is 6.09 Å². The number of allylic oxidation sites excluding steroid dienone is 1. The van der Waals surface area contributed by atoms with Gasteiger partial charge in [-0.15, -0.1) is 0 Å². The first-order valence-corrected chi connectivity index (χ1v) is 11.7. The zero-order valence-electron chi connectivity index (χ0n) is 19.2. The summed E-state index contributed by atoms with van der Waals surface area (Å²) in [7, 11) is 0. The quantitative estimate of drug-likeness (QED) is 0.316. The molecule has 0 spiro atoms. The van der Waals surface area contributed by atoms with Crippen LogP contribution in [0.3, 0.4) is 0 Å². The number of carbonyl (C=O) groups is 1. The van der Waals surface area contributed by atoms with Crippen molar-refractivity contribution < 1.29 is 9.53 Å². The van der Waals surface area contributed by atoms with E-state index in [4.69, 9.17) is 21.3 Å². The van der Waals surface area contributed by atoms with Gasteiger partial charge in [0.25, 0.3) is 0 Å². The molecule has 6 nitrogen and oxygen atoms in total. The Balaban J connectivity index is 1.59. The maximum atomic E-state index is 12.3. The molecule has 4 aromatic rings. The van der Waals surface area contributed by atoms with Gasteiger partial charge in [0.15, 0.2) is 5.65 Å². The molecule has 1 aliphatic rings.